The fraction of sp³-hybridized carbons (Fsp3) is 0.318. The van der Waals surface area contributed by atoms with Gasteiger partial charge in [-0.3, -0.25) is 4.79 Å². The van der Waals surface area contributed by atoms with Crippen LogP contribution in [0.15, 0.2) is 54.0 Å². The van der Waals surface area contributed by atoms with Crippen LogP contribution in [0.4, 0.5) is 16.6 Å². The fourth-order valence-electron chi connectivity index (χ4n) is 3.39. The van der Waals surface area contributed by atoms with Gasteiger partial charge in [0.05, 0.1) is 12.1 Å². The Balaban J connectivity index is 1.29. The number of anilines is 3. The molecule has 3 aromatic rings. The Bertz CT molecular complexity index is 933. The topological polar surface area (TPSA) is 61.4 Å². The summed E-state index contributed by atoms with van der Waals surface area (Å²) in [5, 5.41) is 6.10. The zero-order chi connectivity index (χ0) is 20.1. The van der Waals surface area contributed by atoms with Crippen LogP contribution in [0.1, 0.15) is 18.2 Å². The maximum Gasteiger partial charge on any atom is 0.228 e. The lowest BCUT2D eigenvalue weighted by Gasteiger charge is -2.35. The van der Waals surface area contributed by atoms with Gasteiger partial charge in [0.25, 0.3) is 0 Å². The molecular formula is C22H25N5OS. The second-order valence-electron chi connectivity index (χ2n) is 7.05. The first-order valence-electron chi connectivity index (χ1n) is 9.95. The van der Waals surface area contributed by atoms with Gasteiger partial charge in [-0.2, -0.15) is 0 Å². The summed E-state index contributed by atoms with van der Waals surface area (Å²) in [5.41, 5.74) is 3.14. The summed E-state index contributed by atoms with van der Waals surface area (Å²) >= 11 is 1.53. The van der Waals surface area contributed by atoms with E-state index in [4.69, 9.17) is 0 Å². The van der Waals surface area contributed by atoms with Gasteiger partial charge in [-0.25, -0.2) is 9.97 Å². The van der Waals surface area contributed by atoms with Gasteiger partial charge in [0.15, 0.2) is 5.13 Å². The summed E-state index contributed by atoms with van der Waals surface area (Å²) in [6.45, 7) is 5.19. The monoisotopic (exact) mass is 407 g/mol. The highest BCUT2D eigenvalue weighted by Crippen LogP contribution is 2.22. The minimum Gasteiger partial charge on any atom is -0.353 e. The molecule has 0 saturated carbocycles. The van der Waals surface area contributed by atoms with Crippen molar-refractivity contribution in [1.82, 2.24) is 14.9 Å². The number of carbonyl (C=O) groups is 1. The Morgan fingerprint density at radius 2 is 1.90 bits per heavy atom. The normalized spacial score (nSPS) is 14.1. The number of amides is 1. The smallest absolute Gasteiger partial charge is 0.228 e. The number of hydrogen-bond donors (Lipinski definition) is 1. The number of thiazole rings is 1. The zero-order valence-corrected chi connectivity index (χ0v) is 17.4. The van der Waals surface area contributed by atoms with Crippen LogP contribution in [0.3, 0.4) is 0 Å². The molecule has 0 atom stereocenters. The molecule has 1 aliphatic rings. The SMILES string of the molecule is CCc1ccc(Nc2nc(CC(=O)N3CCN(c4ccccn4)CC3)cs2)cc1. The van der Waals surface area contributed by atoms with Crippen molar-refractivity contribution in [3.8, 4) is 0 Å². The van der Waals surface area contributed by atoms with Gasteiger partial charge in [0, 0.05) is 43.4 Å². The van der Waals surface area contributed by atoms with E-state index in [1.165, 1.54) is 16.9 Å². The van der Waals surface area contributed by atoms with Gasteiger partial charge >= 0.3 is 0 Å². The third kappa shape index (κ3) is 4.92. The standard InChI is InChI=1S/C22H25N5OS/c1-2-17-6-8-18(9-7-17)24-22-25-19(16-29-22)15-21(28)27-13-11-26(12-14-27)20-5-3-4-10-23-20/h3-10,16H,2,11-15H2,1H3,(H,24,25). The number of carbonyl (C=O) groups excluding carboxylic acids is 1. The van der Waals surface area contributed by atoms with Gasteiger partial charge in [0.1, 0.15) is 5.82 Å². The summed E-state index contributed by atoms with van der Waals surface area (Å²) < 4.78 is 0. The molecular weight excluding hydrogens is 382 g/mol. The molecule has 1 aromatic carbocycles. The third-order valence-electron chi connectivity index (χ3n) is 5.10. The number of benzene rings is 1. The van der Waals surface area contributed by atoms with Crippen molar-refractivity contribution >= 4 is 33.9 Å². The average molecular weight is 408 g/mol. The maximum atomic E-state index is 12.7. The van der Waals surface area contributed by atoms with Crippen LogP contribution in [0, 0.1) is 0 Å². The quantitative estimate of drug-likeness (QED) is 0.675. The van der Waals surface area contributed by atoms with Crippen LogP contribution in [-0.2, 0) is 17.6 Å². The van der Waals surface area contributed by atoms with Crippen molar-refractivity contribution in [3.63, 3.8) is 0 Å². The molecule has 1 fully saturated rings. The lowest BCUT2D eigenvalue weighted by Crippen LogP contribution is -2.49. The van der Waals surface area contributed by atoms with Gasteiger partial charge in [0.2, 0.25) is 5.91 Å². The fourth-order valence-corrected chi connectivity index (χ4v) is 4.12. The molecule has 0 spiro atoms. The average Bonchev–Trinajstić information content (AvgIpc) is 3.21. The Kier molecular flexibility index (Phi) is 6.05. The molecule has 6 nitrogen and oxygen atoms in total. The molecule has 1 saturated heterocycles. The van der Waals surface area contributed by atoms with E-state index in [1.54, 1.807) is 6.20 Å². The molecule has 1 N–H and O–H groups in total. The Labute approximate surface area is 175 Å². The highest BCUT2D eigenvalue weighted by atomic mass is 32.1. The number of hydrogen-bond acceptors (Lipinski definition) is 6. The number of aromatic nitrogens is 2. The highest BCUT2D eigenvalue weighted by Gasteiger charge is 2.22. The van der Waals surface area contributed by atoms with Gasteiger partial charge < -0.3 is 15.1 Å². The van der Waals surface area contributed by atoms with Gasteiger partial charge in [-0.15, -0.1) is 11.3 Å². The lowest BCUT2D eigenvalue weighted by atomic mass is 10.1. The van der Waals surface area contributed by atoms with E-state index in [1.807, 2.05) is 28.5 Å². The van der Waals surface area contributed by atoms with E-state index in [2.05, 4.69) is 51.4 Å². The summed E-state index contributed by atoms with van der Waals surface area (Å²) in [6.07, 6.45) is 3.18. The van der Waals surface area contributed by atoms with Crippen molar-refractivity contribution in [1.29, 1.82) is 0 Å². The Morgan fingerprint density at radius 1 is 1.10 bits per heavy atom. The molecule has 4 rings (SSSR count). The van der Waals surface area contributed by atoms with E-state index in [0.29, 0.717) is 19.5 Å². The first-order valence-corrected chi connectivity index (χ1v) is 10.8. The predicted molar refractivity (Wildman–Crippen MR) is 118 cm³/mol. The summed E-state index contributed by atoms with van der Waals surface area (Å²) in [4.78, 5) is 25.8. The number of pyridine rings is 1. The highest BCUT2D eigenvalue weighted by molar-refractivity contribution is 7.13. The second kappa shape index (κ2) is 9.05. The molecule has 2 aromatic heterocycles. The van der Waals surface area contributed by atoms with E-state index in [-0.39, 0.29) is 5.91 Å². The summed E-state index contributed by atoms with van der Waals surface area (Å²) in [7, 11) is 0. The molecule has 1 amide bonds. The minimum atomic E-state index is 0.134. The van der Waals surface area contributed by atoms with Crippen LogP contribution < -0.4 is 10.2 Å². The molecule has 0 aliphatic carbocycles. The van der Waals surface area contributed by atoms with Crippen molar-refractivity contribution < 1.29 is 4.79 Å². The second-order valence-corrected chi connectivity index (χ2v) is 7.91. The minimum absolute atomic E-state index is 0.134. The Morgan fingerprint density at radius 3 is 2.59 bits per heavy atom. The number of nitrogens with zero attached hydrogens (tertiary/aromatic N) is 4. The maximum absolute atomic E-state index is 12.7. The lowest BCUT2D eigenvalue weighted by molar-refractivity contribution is -0.130. The molecule has 29 heavy (non-hydrogen) atoms. The van der Waals surface area contributed by atoms with E-state index < -0.39 is 0 Å². The van der Waals surface area contributed by atoms with Crippen molar-refractivity contribution in [2.75, 3.05) is 36.4 Å². The molecule has 0 unspecified atom stereocenters. The molecule has 1 aliphatic heterocycles. The molecule has 150 valence electrons. The zero-order valence-electron chi connectivity index (χ0n) is 16.5. The molecule has 0 bridgehead atoms. The largest absolute Gasteiger partial charge is 0.353 e. The predicted octanol–water partition coefficient (Wildman–Crippen LogP) is 3.74. The number of nitrogens with one attached hydrogen (secondary N) is 1. The van der Waals surface area contributed by atoms with E-state index in [9.17, 15) is 4.79 Å². The van der Waals surface area contributed by atoms with Crippen LogP contribution in [-0.4, -0.2) is 47.0 Å². The van der Waals surface area contributed by atoms with E-state index in [0.717, 1.165) is 41.8 Å². The van der Waals surface area contributed by atoms with Crippen LogP contribution in [0.2, 0.25) is 0 Å². The number of rotatable bonds is 6. The Hall–Kier alpha value is -2.93. The van der Waals surface area contributed by atoms with Crippen LogP contribution >= 0.6 is 11.3 Å². The van der Waals surface area contributed by atoms with Crippen molar-refractivity contribution in [2.45, 2.75) is 19.8 Å². The number of piperazine rings is 1. The molecule has 3 heterocycles. The summed E-state index contributed by atoms with van der Waals surface area (Å²) in [6, 6.07) is 14.3. The summed E-state index contributed by atoms with van der Waals surface area (Å²) in [5.74, 6) is 1.11. The van der Waals surface area contributed by atoms with Crippen molar-refractivity contribution in [3.05, 3.63) is 65.3 Å². The molecule has 0 radical (unpaired) electrons. The van der Waals surface area contributed by atoms with Gasteiger partial charge in [-0.05, 0) is 36.2 Å². The number of aryl methyl sites for hydroxylation is 1. The molecule has 7 heteroatoms. The third-order valence-corrected chi connectivity index (χ3v) is 5.91. The first-order chi connectivity index (χ1) is 14.2. The van der Waals surface area contributed by atoms with Crippen LogP contribution in [0.25, 0.3) is 0 Å². The van der Waals surface area contributed by atoms with Gasteiger partial charge in [-0.1, -0.05) is 25.1 Å². The first kappa shape index (κ1) is 19.4. The van der Waals surface area contributed by atoms with Crippen molar-refractivity contribution in [2.24, 2.45) is 0 Å². The van der Waals surface area contributed by atoms with E-state index >= 15 is 0 Å². The van der Waals surface area contributed by atoms with Crippen LogP contribution in [0.5, 0.6) is 0 Å².